The SMILES string of the molecule is CCCCCC1CCC(CCCOc2ccc(C3OCC(C)CO3)cc2)CC1. The molecule has 1 aliphatic carbocycles. The first kappa shape index (κ1) is 21.6. The summed E-state index contributed by atoms with van der Waals surface area (Å²) in [7, 11) is 0. The summed E-state index contributed by atoms with van der Waals surface area (Å²) in [6.07, 6.45) is 13.7. The van der Waals surface area contributed by atoms with Crippen molar-refractivity contribution in [1.82, 2.24) is 0 Å². The first-order valence-electron chi connectivity index (χ1n) is 11.7. The van der Waals surface area contributed by atoms with E-state index in [1.165, 1.54) is 64.2 Å². The van der Waals surface area contributed by atoms with E-state index in [0.717, 1.165) is 43.0 Å². The summed E-state index contributed by atoms with van der Waals surface area (Å²) in [6, 6.07) is 8.22. The summed E-state index contributed by atoms with van der Waals surface area (Å²) in [5.41, 5.74) is 1.08. The second-order valence-corrected chi connectivity index (χ2v) is 9.05. The van der Waals surface area contributed by atoms with Crippen LogP contribution in [0, 0.1) is 17.8 Å². The van der Waals surface area contributed by atoms with Crippen LogP contribution in [0.1, 0.15) is 89.9 Å². The first-order chi connectivity index (χ1) is 13.7. The molecule has 0 atom stereocenters. The van der Waals surface area contributed by atoms with Gasteiger partial charge < -0.3 is 14.2 Å². The molecule has 1 saturated heterocycles. The van der Waals surface area contributed by atoms with Gasteiger partial charge in [-0.1, -0.05) is 77.3 Å². The van der Waals surface area contributed by atoms with Crippen LogP contribution in [-0.2, 0) is 9.47 Å². The predicted octanol–water partition coefficient (Wildman–Crippen LogP) is 6.91. The molecule has 1 aliphatic heterocycles. The van der Waals surface area contributed by atoms with Crippen LogP contribution in [0.4, 0.5) is 0 Å². The van der Waals surface area contributed by atoms with Gasteiger partial charge in [-0.15, -0.1) is 0 Å². The van der Waals surface area contributed by atoms with Gasteiger partial charge in [0.2, 0.25) is 0 Å². The third-order valence-electron chi connectivity index (χ3n) is 6.42. The minimum atomic E-state index is -0.220. The second-order valence-electron chi connectivity index (χ2n) is 9.05. The Morgan fingerprint density at radius 2 is 1.46 bits per heavy atom. The van der Waals surface area contributed by atoms with Gasteiger partial charge in [-0.25, -0.2) is 0 Å². The molecule has 3 heteroatoms. The van der Waals surface area contributed by atoms with Gasteiger partial charge in [0.15, 0.2) is 6.29 Å². The zero-order chi connectivity index (χ0) is 19.6. The minimum absolute atomic E-state index is 0.220. The summed E-state index contributed by atoms with van der Waals surface area (Å²) >= 11 is 0. The Morgan fingerprint density at radius 1 is 0.857 bits per heavy atom. The van der Waals surface area contributed by atoms with Crippen LogP contribution in [-0.4, -0.2) is 19.8 Å². The lowest BCUT2D eigenvalue weighted by Gasteiger charge is -2.28. The zero-order valence-corrected chi connectivity index (χ0v) is 18.0. The van der Waals surface area contributed by atoms with Crippen molar-refractivity contribution in [3.8, 4) is 5.75 Å². The molecule has 0 N–H and O–H groups in total. The molecule has 0 aromatic heterocycles. The standard InChI is InChI=1S/C25H40O3/c1-3-4-5-7-21-9-11-22(12-10-21)8-6-17-26-24-15-13-23(14-16-24)25-27-18-20(2)19-28-25/h13-16,20-22,25H,3-12,17-19H2,1-2H3. The largest absolute Gasteiger partial charge is 0.494 e. The van der Waals surface area contributed by atoms with E-state index in [-0.39, 0.29) is 6.29 Å². The molecule has 0 radical (unpaired) electrons. The lowest BCUT2D eigenvalue weighted by atomic mass is 9.78. The van der Waals surface area contributed by atoms with E-state index in [2.05, 4.69) is 26.0 Å². The molecule has 0 bridgehead atoms. The van der Waals surface area contributed by atoms with Crippen LogP contribution in [0.15, 0.2) is 24.3 Å². The normalized spacial score (nSPS) is 28.2. The van der Waals surface area contributed by atoms with Gasteiger partial charge in [-0.2, -0.15) is 0 Å². The summed E-state index contributed by atoms with van der Waals surface area (Å²) in [5, 5.41) is 0. The van der Waals surface area contributed by atoms with Crippen molar-refractivity contribution in [3.63, 3.8) is 0 Å². The summed E-state index contributed by atoms with van der Waals surface area (Å²) in [5.74, 6) is 3.37. The summed E-state index contributed by atoms with van der Waals surface area (Å²) in [4.78, 5) is 0. The molecule has 2 aliphatic rings. The van der Waals surface area contributed by atoms with Crippen molar-refractivity contribution in [3.05, 3.63) is 29.8 Å². The quantitative estimate of drug-likeness (QED) is 0.407. The average Bonchev–Trinajstić information content (AvgIpc) is 2.73. The maximum Gasteiger partial charge on any atom is 0.183 e. The van der Waals surface area contributed by atoms with Crippen LogP contribution in [0.5, 0.6) is 5.75 Å². The summed E-state index contributed by atoms with van der Waals surface area (Å²) in [6.45, 7) is 6.80. The van der Waals surface area contributed by atoms with E-state index >= 15 is 0 Å². The molecular weight excluding hydrogens is 348 g/mol. The molecule has 158 valence electrons. The lowest BCUT2D eigenvalue weighted by molar-refractivity contribution is -0.202. The van der Waals surface area contributed by atoms with Crippen molar-refractivity contribution in [2.24, 2.45) is 17.8 Å². The molecule has 2 fully saturated rings. The number of benzene rings is 1. The second kappa shape index (κ2) is 11.8. The molecule has 0 spiro atoms. The van der Waals surface area contributed by atoms with Gasteiger partial charge in [-0.3, -0.25) is 0 Å². The van der Waals surface area contributed by atoms with Gasteiger partial charge in [0.25, 0.3) is 0 Å². The Bertz CT molecular complexity index is 525. The van der Waals surface area contributed by atoms with Crippen molar-refractivity contribution >= 4 is 0 Å². The molecule has 28 heavy (non-hydrogen) atoms. The molecule has 1 heterocycles. The van der Waals surface area contributed by atoms with Crippen LogP contribution in [0.3, 0.4) is 0 Å². The van der Waals surface area contributed by atoms with Gasteiger partial charge in [0.1, 0.15) is 5.75 Å². The van der Waals surface area contributed by atoms with E-state index in [0.29, 0.717) is 5.92 Å². The van der Waals surface area contributed by atoms with E-state index < -0.39 is 0 Å². The Balaban J connectivity index is 1.27. The number of hydrogen-bond acceptors (Lipinski definition) is 3. The van der Waals surface area contributed by atoms with Crippen molar-refractivity contribution < 1.29 is 14.2 Å². The molecule has 1 aromatic rings. The van der Waals surface area contributed by atoms with Gasteiger partial charge in [0.05, 0.1) is 19.8 Å². The molecule has 0 amide bonds. The van der Waals surface area contributed by atoms with E-state index in [9.17, 15) is 0 Å². The Kier molecular flexibility index (Phi) is 9.14. The smallest absolute Gasteiger partial charge is 0.183 e. The molecular formula is C25H40O3. The minimum Gasteiger partial charge on any atom is -0.494 e. The number of hydrogen-bond donors (Lipinski definition) is 0. The average molecular weight is 389 g/mol. The highest BCUT2D eigenvalue weighted by atomic mass is 16.7. The van der Waals surface area contributed by atoms with Crippen LogP contribution >= 0.6 is 0 Å². The first-order valence-corrected chi connectivity index (χ1v) is 11.7. The van der Waals surface area contributed by atoms with Crippen molar-refractivity contribution in [1.29, 1.82) is 0 Å². The number of rotatable bonds is 10. The fraction of sp³-hybridized carbons (Fsp3) is 0.760. The Hall–Kier alpha value is -1.06. The third kappa shape index (κ3) is 7.08. The molecule has 3 rings (SSSR count). The van der Waals surface area contributed by atoms with Crippen LogP contribution < -0.4 is 4.74 Å². The fourth-order valence-electron chi connectivity index (χ4n) is 4.57. The molecule has 3 nitrogen and oxygen atoms in total. The number of ether oxygens (including phenoxy) is 3. The van der Waals surface area contributed by atoms with Gasteiger partial charge in [-0.05, 0) is 36.8 Å². The monoisotopic (exact) mass is 388 g/mol. The lowest BCUT2D eigenvalue weighted by Crippen LogP contribution is -2.24. The van der Waals surface area contributed by atoms with E-state index in [1.807, 2.05) is 12.1 Å². The fourth-order valence-corrected chi connectivity index (χ4v) is 4.57. The van der Waals surface area contributed by atoms with Crippen molar-refractivity contribution in [2.45, 2.75) is 84.3 Å². The summed E-state index contributed by atoms with van der Waals surface area (Å²) < 4.78 is 17.5. The predicted molar refractivity (Wildman–Crippen MR) is 115 cm³/mol. The van der Waals surface area contributed by atoms with E-state index in [4.69, 9.17) is 14.2 Å². The maximum atomic E-state index is 5.96. The molecule has 1 aromatic carbocycles. The Labute approximate surface area is 172 Å². The third-order valence-corrected chi connectivity index (χ3v) is 6.42. The highest BCUT2D eigenvalue weighted by molar-refractivity contribution is 5.28. The van der Waals surface area contributed by atoms with Crippen molar-refractivity contribution in [2.75, 3.05) is 19.8 Å². The van der Waals surface area contributed by atoms with Gasteiger partial charge >= 0.3 is 0 Å². The molecule has 1 saturated carbocycles. The Morgan fingerprint density at radius 3 is 2.07 bits per heavy atom. The van der Waals surface area contributed by atoms with E-state index in [1.54, 1.807) is 0 Å². The van der Waals surface area contributed by atoms with Crippen LogP contribution in [0.25, 0.3) is 0 Å². The maximum absolute atomic E-state index is 5.96. The van der Waals surface area contributed by atoms with Crippen LogP contribution in [0.2, 0.25) is 0 Å². The highest BCUT2D eigenvalue weighted by Crippen LogP contribution is 2.34. The topological polar surface area (TPSA) is 27.7 Å². The molecule has 0 unspecified atom stereocenters. The number of unbranched alkanes of at least 4 members (excludes halogenated alkanes) is 2. The zero-order valence-electron chi connectivity index (χ0n) is 18.0. The highest BCUT2D eigenvalue weighted by Gasteiger charge is 2.21. The van der Waals surface area contributed by atoms with Gasteiger partial charge in [0, 0.05) is 11.5 Å².